The minimum atomic E-state index is -4.35. The molecule has 2 aliphatic carbocycles. The van der Waals surface area contributed by atoms with Crippen LogP contribution in [0.4, 0.5) is 13.2 Å². The van der Waals surface area contributed by atoms with Crippen molar-refractivity contribution in [3.63, 3.8) is 0 Å². The molecule has 190 valence electrons. The number of carbonyl (C=O) groups excluding carboxylic acids is 1. The molecule has 1 heterocycles. The van der Waals surface area contributed by atoms with Gasteiger partial charge in [-0.2, -0.15) is 13.2 Å². The molecule has 3 rings (SSSR count). The fraction of sp³-hybridized carbons (Fsp3) is 0.864. The van der Waals surface area contributed by atoms with Crippen molar-refractivity contribution >= 4 is 17.6 Å². The lowest BCUT2D eigenvalue weighted by atomic mass is 9.80. The van der Waals surface area contributed by atoms with E-state index < -0.39 is 35.5 Å². The number of rotatable bonds is 6. The Bertz CT molecular complexity index is 725. The highest BCUT2D eigenvalue weighted by molar-refractivity contribution is 6.20. The van der Waals surface area contributed by atoms with Gasteiger partial charge in [-0.15, -0.1) is 11.6 Å². The first-order valence-electron chi connectivity index (χ1n) is 11.5. The second kappa shape index (κ2) is 10.6. The number of nitrogens with one attached hydrogen (secondary N) is 2. The Morgan fingerprint density at radius 1 is 1.21 bits per heavy atom. The number of cyclic esters (lactones) is 1. The van der Waals surface area contributed by atoms with Gasteiger partial charge in [0.2, 0.25) is 5.79 Å². The lowest BCUT2D eigenvalue weighted by molar-refractivity contribution is -0.280. The highest BCUT2D eigenvalue weighted by Crippen LogP contribution is 2.42. The van der Waals surface area contributed by atoms with Crippen molar-refractivity contribution in [2.24, 2.45) is 11.8 Å². The molecule has 1 aliphatic heterocycles. The monoisotopic (exact) mass is 498 g/mol. The van der Waals surface area contributed by atoms with Crippen LogP contribution in [0, 0.1) is 11.8 Å². The summed E-state index contributed by atoms with van der Waals surface area (Å²) in [5.74, 6) is -3.65. The number of hydrogen-bond donors (Lipinski definition) is 3. The molecule has 0 aromatic carbocycles. The van der Waals surface area contributed by atoms with Crippen LogP contribution in [0.25, 0.3) is 0 Å². The van der Waals surface area contributed by atoms with Crippen LogP contribution >= 0.6 is 11.6 Å². The smallest absolute Gasteiger partial charge is 0.393 e. The Balaban J connectivity index is 1.74. The quantitative estimate of drug-likeness (QED) is 0.293. The molecule has 4 atom stereocenters. The molecule has 4 unspecified atom stereocenters. The van der Waals surface area contributed by atoms with Crippen LogP contribution in [-0.4, -0.2) is 60.5 Å². The summed E-state index contributed by atoms with van der Waals surface area (Å²) < 4.78 is 56.2. The van der Waals surface area contributed by atoms with Crippen molar-refractivity contribution < 1.29 is 37.3 Å². The summed E-state index contributed by atoms with van der Waals surface area (Å²) in [7, 11) is 1.67. The van der Waals surface area contributed by atoms with E-state index in [-0.39, 0.29) is 48.8 Å². The predicted octanol–water partition coefficient (Wildman–Crippen LogP) is 3.55. The first-order chi connectivity index (χ1) is 15.4. The maximum absolute atomic E-state index is 13.4. The van der Waals surface area contributed by atoms with Gasteiger partial charge < -0.3 is 30.0 Å². The Morgan fingerprint density at radius 2 is 1.88 bits per heavy atom. The first-order valence-corrected chi connectivity index (χ1v) is 11.9. The molecule has 3 aliphatic rings. The van der Waals surface area contributed by atoms with E-state index in [1.807, 2.05) is 0 Å². The molecule has 3 fully saturated rings. The molecule has 0 spiro atoms. The number of ether oxygens (including phenoxy) is 3. The summed E-state index contributed by atoms with van der Waals surface area (Å²) in [5.41, 5.74) is -0.110. The third-order valence-corrected chi connectivity index (χ3v) is 7.21. The standard InChI is InChI=1S/C22H34ClF3N2O5/c1-21(2)32-19(29)17(20(30)33-21)18(28-13-5-7-14(31-3)8-6-13)27-11-12-4-9-16(23)15(10-12)22(24,25)26/h12-16,19,27-29H,4-11H2,1-3H3/b18-17-. The van der Waals surface area contributed by atoms with Gasteiger partial charge in [0.05, 0.1) is 12.0 Å². The number of aliphatic hydroxyl groups is 1. The molecule has 0 amide bonds. The second-order valence-electron chi connectivity index (χ2n) is 9.63. The molecule has 0 radical (unpaired) electrons. The molecule has 11 heteroatoms. The summed E-state index contributed by atoms with van der Waals surface area (Å²) in [6.45, 7) is 3.22. The van der Waals surface area contributed by atoms with E-state index in [9.17, 15) is 23.1 Å². The van der Waals surface area contributed by atoms with Gasteiger partial charge in [-0.05, 0) is 50.9 Å². The molecule has 0 aromatic heterocycles. The van der Waals surface area contributed by atoms with Crippen molar-refractivity contribution in [1.82, 2.24) is 10.6 Å². The van der Waals surface area contributed by atoms with Crippen molar-refractivity contribution in [1.29, 1.82) is 0 Å². The third kappa shape index (κ3) is 6.90. The van der Waals surface area contributed by atoms with Gasteiger partial charge in [0.15, 0.2) is 6.29 Å². The Labute approximate surface area is 197 Å². The molecular formula is C22H34ClF3N2O5. The van der Waals surface area contributed by atoms with E-state index in [2.05, 4.69) is 10.6 Å². The molecule has 3 N–H and O–H groups in total. The largest absolute Gasteiger partial charge is 0.430 e. The van der Waals surface area contributed by atoms with Gasteiger partial charge in [0.1, 0.15) is 11.4 Å². The van der Waals surface area contributed by atoms with Crippen LogP contribution in [0.3, 0.4) is 0 Å². The predicted molar refractivity (Wildman–Crippen MR) is 115 cm³/mol. The fourth-order valence-corrected chi connectivity index (χ4v) is 5.19. The first kappa shape index (κ1) is 26.4. The van der Waals surface area contributed by atoms with Crippen molar-refractivity contribution in [3.8, 4) is 0 Å². The Morgan fingerprint density at radius 3 is 2.45 bits per heavy atom. The summed E-state index contributed by atoms with van der Waals surface area (Å²) in [6.07, 6.45) is -1.79. The van der Waals surface area contributed by atoms with Gasteiger partial charge in [-0.25, -0.2) is 4.79 Å². The van der Waals surface area contributed by atoms with Crippen molar-refractivity contribution in [2.45, 2.75) is 94.6 Å². The van der Waals surface area contributed by atoms with E-state index in [4.69, 9.17) is 25.8 Å². The molecule has 1 saturated heterocycles. The number of aliphatic hydroxyl groups excluding tert-OH is 1. The molecule has 0 aromatic rings. The molecule has 2 saturated carbocycles. The zero-order valence-electron chi connectivity index (χ0n) is 19.2. The van der Waals surface area contributed by atoms with Gasteiger partial charge >= 0.3 is 12.1 Å². The number of methoxy groups -OCH3 is 1. The van der Waals surface area contributed by atoms with Crippen LogP contribution in [0.5, 0.6) is 0 Å². The Kier molecular flexibility index (Phi) is 8.46. The van der Waals surface area contributed by atoms with E-state index >= 15 is 0 Å². The van der Waals surface area contributed by atoms with Crippen LogP contribution in [0.2, 0.25) is 0 Å². The minimum absolute atomic E-state index is 0.00263. The fourth-order valence-electron chi connectivity index (χ4n) is 4.82. The van der Waals surface area contributed by atoms with E-state index in [0.29, 0.717) is 6.42 Å². The second-order valence-corrected chi connectivity index (χ2v) is 10.2. The average molecular weight is 499 g/mol. The third-order valence-electron chi connectivity index (χ3n) is 6.69. The summed E-state index contributed by atoms with van der Waals surface area (Å²) in [4.78, 5) is 12.7. The van der Waals surface area contributed by atoms with Crippen LogP contribution < -0.4 is 10.6 Å². The maximum Gasteiger partial charge on any atom is 0.393 e. The van der Waals surface area contributed by atoms with Gasteiger partial charge in [0, 0.05) is 38.9 Å². The normalized spacial score (nSPS) is 36.7. The summed E-state index contributed by atoms with van der Waals surface area (Å²) in [5, 5.41) is 16.0. The van der Waals surface area contributed by atoms with Crippen LogP contribution in [0.1, 0.15) is 58.8 Å². The van der Waals surface area contributed by atoms with Crippen molar-refractivity contribution in [2.75, 3.05) is 13.7 Å². The number of halogens is 4. The lowest BCUT2D eigenvalue weighted by Crippen LogP contribution is -2.49. The minimum Gasteiger partial charge on any atom is -0.430 e. The summed E-state index contributed by atoms with van der Waals surface area (Å²) in [6, 6.07) is 0.00263. The van der Waals surface area contributed by atoms with Crippen LogP contribution in [-0.2, 0) is 19.0 Å². The van der Waals surface area contributed by atoms with Gasteiger partial charge in [0.25, 0.3) is 0 Å². The number of carbonyl (C=O) groups is 1. The highest BCUT2D eigenvalue weighted by atomic mass is 35.5. The van der Waals surface area contributed by atoms with E-state index in [1.54, 1.807) is 7.11 Å². The lowest BCUT2D eigenvalue weighted by Gasteiger charge is -2.37. The number of esters is 1. The SMILES string of the molecule is COC1CCC(N/C(NCC2CCC(Cl)C(C(F)(F)F)C2)=C2\C(=O)OC(C)(C)OC2O)CC1. The number of alkyl halides is 4. The molecule has 33 heavy (non-hydrogen) atoms. The number of hydrogen-bond acceptors (Lipinski definition) is 7. The van der Waals surface area contributed by atoms with Gasteiger partial charge in [-0.1, -0.05) is 0 Å². The van der Waals surface area contributed by atoms with Crippen molar-refractivity contribution in [3.05, 3.63) is 11.4 Å². The molecule has 0 bridgehead atoms. The topological polar surface area (TPSA) is 89.1 Å². The highest BCUT2D eigenvalue weighted by Gasteiger charge is 2.47. The summed E-state index contributed by atoms with van der Waals surface area (Å²) >= 11 is 5.95. The zero-order chi connectivity index (χ0) is 24.4. The van der Waals surface area contributed by atoms with E-state index in [1.165, 1.54) is 13.8 Å². The maximum atomic E-state index is 13.4. The van der Waals surface area contributed by atoms with Crippen LogP contribution in [0.15, 0.2) is 11.4 Å². The Hall–Kier alpha value is -1.23. The average Bonchev–Trinajstić information content (AvgIpc) is 2.71. The van der Waals surface area contributed by atoms with Gasteiger partial charge in [-0.3, -0.25) is 0 Å². The molecular weight excluding hydrogens is 465 g/mol. The zero-order valence-corrected chi connectivity index (χ0v) is 20.0. The van der Waals surface area contributed by atoms with E-state index in [0.717, 1.165) is 25.7 Å². The molecule has 7 nitrogen and oxygen atoms in total.